The summed E-state index contributed by atoms with van der Waals surface area (Å²) in [4.78, 5) is 11.4. The SMILES string of the molecule is CC/C=C/[C@@H](c1ccccc1)[C@](C)(C=O)CC. The van der Waals surface area contributed by atoms with Crippen LogP contribution in [0.1, 0.15) is 45.1 Å². The maximum atomic E-state index is 11.4. The first kappa shape index (κ1) is 13.7. The summed E-state index contributed by atoms with van der Waals surface area (Å²) in [5.41, 5.74) is 0.904. The third kappa shape index (κ3) is 3.29. The van der Waals surface area contributed by atoms with Gasteiger partial charge >= 0.3 is 0 Å². The van der Waals surface area contributed by atoms with Crippen LogP contribution in [0, 0.1) is 5.41 Å². The van der Waals surface area contributed by atoms with Crippen molar-refractivity contribution in [2.24, 2.45) is 5.41 Å². The highest BCUT2D eigenvalue weighted by atomic mass is 16.1. The van der Waals surface area contributed by atoms with Crippen molar-refractivity contribution in [2.75, 3.05) is 0 Å². The number of allylic oxidation sites excluding steroid dienone is 2. The van der Waals surface area contributed by atoms with Gasteiger partial charge in [-0.25, -0.2) is 0 Å². The van der Waals surface area contributed by atoms with Crippen molar-refractivity contribution in [3.8, 4) is 0 Å². The predicted molar refractivity (Wildman–Crippen MR) is 73.1 cm³/mol. The molecule has 1 aromatic carbocycles. The Morgan fingerprint density at radius 2 is 1.88 bits per heavy atom. The number of carbonyl (C=O) groups is 1. The Kier molecular flexibility index (Phi) is 5.14. The van der Waals surface area contributed by atoms with E-state index in [4.69, 9.17) is 0 Å². The van der Waals surface area contributed by atoms with Crippen LogP contribution in [0.15, 0.2) is 42.5 Å². The molecule has 0 aliphatic rings. The van der Waals surface area contributed by atoms with E-state index < -0.39 is 0 Å². The monoisotopic (exact) mass is 230 g/mol. The molecule has 0 radical (unpaired) electrons. The minimum Gasteiger partial charge on any atom is -0.303 e. The summed E-state index contributed by atoms with van der Waals surface area (Å²) in [6.07, 6.45) is 7.28. The van der Waals surface area contributed by atoms with Gasteiger partial charge in [-0.05, 0) is 18.4 Å². The lowest BCUT2D eigenvalue weighted by atomic mass is 9.72. The van der Waals surface area contributed by atoms with Gasteiger partial charge in [0, 0.05) is 11.3 Å². The number of carbonyl (C=O) groups excluding carboxylic acids is 1. The summed E-state index contributed by atoms with van der Waals surface area (Å²) < 4.78 is 0. The van der Waals surface area contributed by atoms with Gasteiger partial charge in [-0.2, -0.15) is 0 Å². The number of rotatable bonds is 6. The molecule has 0 N–H and O–H groups in total. The standard InChI is InChI=1S/C16H22O/c1-4-6-12-15(16(3,5-2)13-17)14-10-8-7-9-11-14/h6-13,15H,4-5H2,1-3H3/b12-6+/t15-,16-/m0/s1. The van der Waals surface area contributed by atoms with E-state index in [0.717, 1.165) is 19.1 Å². The summed E-state index contributed by atoms with van der Waals surface area (Å²) in [5, 5.41) is 0. The molecule has 1 heteroatoms. The van der Waals surface area contributed by atoms with Crippen molar-refractivity contribution in [1.29, 1.82) is 0 Å². The van der Waals surface area contributed by atoms with Gasteiger partial charge in [-0.3, -0.25) is 0 Å². The van der Waals surface area contributed by atoms with Crippen molar-refractivity contribution >= 4 is 6.29 Å². The van der Waals surface area contributed by atoms with Crippen LogP contribution in [0.5, 0.6) is 0 Å². The lowest BCUT2D eigenvalue weighted by molar-refractivity contribution is -0.116. The average Bonchev–Trinajstić information content (AvgIpc) is 2.40. The van der Waals surface area contributed by atoms with Crippen LogP contribution in [0.3, 0.4) is 0 Å². The lowest BCUT2D eigenvalue weighted by Gasteiger charge is -2.30. The first-order valence-electron chi connectivity index (χ1n) is 6.36. The molecule has 0 fully saturated rings. The Bertz CT molecular complexity index is 366. The molecule has 0 spiro atoms. The van der Waals surface area contributed by atoms with Crippen LogP contribution in [0.4, 0.5) is 0 Å². The molecule has 0 saturated carbocycles. The van der Waals surface area contributed by atoms with E-state index in [9.17, 15) is 4.79 Å². The zero-order valence-electron chi connectivity index (χ0n) is 11.0. The molecule has 0 aliphatic heterocycles. The molecule has 0 unspecified atom stereocenters. The number of hydrogen-bond donors (Lipinski definition) is 0. The molecule has 1 aromatic rings. The fraction of sp³-hybridized carbons (Fsp3) is 0.438. The van der Waals surface area contributed by atoms with Gasteiger partial charge in [0.2, 0.25) is 0 Å². The summed E-state index contributed by atoms with van der Waals surface area (Å²) in [7, 11) is 0. The maximum absolute atomic E-state index is 11.4. The molecule has 1 nitrogen and oxygen atoms in total. The molecule has 92 valence electrons. The molecular formula is C16H22O. The zero-order chi connectivity index (χ0) is 12.7. The van der Waals surface area contributed by atoms with E-state index >= 15 is 0 Å². The molecule has 0 heterocycles. The van der Waals surface area contributed by atoms with Crippen LogP contribution in [-0.2, 0) is 4.79 Å². The van der Waals surface area contributed by atoms with E-state index in [-0.39, 0.29) is 11.3 Å². The van der Waals surface area contributed by atoms with Crippen molar-refractivity contribution in [1.82, 2.24) is 0 Å². The summed E-state index contributed by atoms with van der Waals surface area (Å²) in [5.74, 6) is 0.172. The first-order chi connectivity index (χ1) is 8.18. The van der Waals surface area contributed by atoms with E-state index in [1.807, 2.05) is 25.1 Å². The molecule has 0 saturated heterocycles. The quantitative estimate of drug-likeness (QED) is 0.524. The van der Waals surface area contributed by atoms with Gasteiger partial charge in [0.05, 0.1) is 0 Å². The minimum atomic E-state index is -0.312. The number of hydrogen-bond acceptors (Lipinski definition) is 1. The average molecular weight is 230 g/mol. The number of aldehydes is 1. The van der Waals surface area contributed by atoms with Gasteiger partial charge in [0.15, 0.2) is 0 Å². The van der Waals surface area contributed by atoms with Gasteiger partial charge < -0.3 is 4.79 Å². The van der Waals surface area contributed by atoms with Gasteiger partial charge in [0.1, 0.15) is 6.29 Å². The molecular weight excluding hydrogens is 208 g/mol. The van der Waals surface area contributed by atoms with E-state index in [2.05, 4.69) is 38.1 Å². The molecule has 0 bridgehead atoms. The highest BCUT2D eigenvalue weighted by Gasteiger charge is 2.31. The van der Waals surface area contributed by atoms with Gasteiger partial charge in [-0.15, -0.1) is 0 Å². The van der Waals surface area contributed by atoms with Crippen LogP contribution < -0.4 is 0 Å². The normalized spacial score (nSPS) is 16.6. The second-order valence-electron chi connectivity index (χ2n) is 4.70. The fourth-order valence-corrected chi connectivity index (χ4v) is 2.02. The van der Waals surface area contributed by atoms with Crippen LogP contribution in [-0.4, -0.2) is 6.29 Å². The van der Waals surface area contributed by atoms with E-state index in [0.29, 0.717) is 0 Å². The highest BCUT2D eigenvalue weighted by molar-refractivity contribution is 5.62. The number of benzene rings is 1. The minimum absolute atomic E-state index is 0.172. The molecule has 2 atom stereocenters. The smallest absolute Gasteiger partial charge is 0.126 e. The largest absolute Gasteiger partial charge is 0.303 e. The topological polar surface area (TPSA) is 17.1 Å². The molecule has 0 amide bonds. The van der Waals surface area contributed by atoms with E-state index in [1.54, 1.807) is 0 Å². The second-order valence-corrected chi connectivity index (χ2v) is 4.70. The fourth-order valence-electron chi connectivity index (χ4n) is 2.02. The maximum Gasteiger partial charge on any atom is 0.126 e. The van der Waals surface area contributed by atoms with Crippen molar-refractivity contribution in [2.45, 2.75) is 39.5 Å². The van der Waals surface area contributed by atoms with Crippen LogP contribution >= 0.6 is 0 Å². The first-order valence-corrected chi connectivity index (χ1v) is 6.36. The summed E-state index contributed by atoms with van der Waals surface area (Å²) >= 11 is 0. The lowest BCUT2D eigenvalue weighted by Crippen LogP contribution is -2.25. The van der Waals surface area contributed by atoms with E-state index in [1.165, 1.54) is 5.56 Å². The Morgan fingerprint density at radius 3 is 2.35 bits per heavy atom. The van der Waals surface area contributed by atoms with Crippen molar-refractivity contribution < 1.29 is 4.79 Å². The Balaban J connectivity index is 3.12. The summed E-state index contributed by atoms with van der Waals surface area (Å²) in [6, 6.07) is 10.3. The van der Waals surface area contributed by atoms with Gasteiger partial charge in [0.25, 0.3) is 0 Å². The third-order valence-electron chi connectivity index (χ3n) is 3.46. The second kappa shape index (κ2) is 6.39. The highest BCUT2D eigenvalue weighted by Crippen LogP contribution is 2.38. The Hall–Kier alpha value is -1.37. The zero-order valence-corrected chi connectivity index (χ0v) is 11.0. The Labute approximate surface area is 105 Å². The summed E-state index contributed by atoms with van der Waals surface area (Å²) in [6.45, 7) is 6.23. The third-order valence-corrected chi connectivity index (χ3v) is 3.46. The van der Waals surface area contributed by atoms with Crippen LogP contribution in [0.25, 0.3) is 0 Å². The predicted octanol–water partition coefficient (Wildman–Crippen LogP) is 4.35. The Morgan fingerprint density at radius 1 is 1.24 bits per heavy atom. The molecule has 17 heavy (non-hydrogen) atoms. The van der Waals surface area contributed by atoms with Crippen molar-refractivity contribution in [3.63, 3.8) is 0 Å². The molecule has 1 rings (SSSR count). The van der Waals surface area contributed by atoms with Crippen LogP contribution in [0.2, 0.25) is 0 Å². The van der Waals surface area contributed by atoms with Crippen molar-refractivity contribution in [3.05, 3.63) is 48.0 Å². The molecule has 0 aromatic heterocycles. The van der Waals surface area contributed by atoms with Gasteiger partial charge in [-0.1, -0.05) is 63.3 Å². The molecule has 0 aliphatic carbocycles.